The molecule has 0 aliphatic carbocycles. The number of hydrogen-bond donors (Lipinski definition) is 3. The molecule has 1 rings (SSSR count). The fraction of sp³-hybridized carbons (Fsp3) is 0.200. The van der Waals surface area contributed by atoms with Gasteiger partial charge in [0.1, 0.15) is 0 Å². The summed E-state index contributed by atoms with van der Waals surface area (Å²) in [5, 5.41) is 0. The molecule has 0 saturated carbocycles. The summed E-state index contributed by atoms with van der Waals surface area (Å²) in [6, 6.07) is 5.30. The zero-order valence-corrected chi connectivity index (χ0v) is 10.8. The summed E-state index contributed by atoms with van der Waals surface area (Å²) >= 11 is 0. The molecule has 0 aliphatic rings. The summed E-state index contributed by atoms with van der Waals surface area (Å²) in [4.78, 5) is 21.6. The first-order valence-electron chi connectivity index (χ1n) is 5.16. The lowest BCUT2D eigenvalue weighted by Gasteiger charge is -2.19. The van der Waals surface area contributed by atoms with Crippen molar-refractivity contribution in [2.45, 2.75) is 4.90 Å². The smallest absolute Gasteiger partial charge is 0.244 e. The van der Waals surface area contributed by atoms with Gasteiger partial charge < -0.3 is 17.2 Å². The van der Waals surface area contributed by atoms with Crippen molar-refractivity contribution in [2.24, 2.45) is 11.5 Å². The van der Waals surface area contributed by atoms with Gasteiger partial charge >= 0.3 is 0 Å². The molecule has 1 aromatic rings. The third kappa shape index (κ3) is 3.93. The minimum absolute atomic E-state index is 0.107. The van der Waals surface area contributed by atoms with E-state index in [1.54, 1.807) is 0 Å². The molecule has 104 valence electrons. The average molecular weight is 286 g/mol. The maximum absolute atomic E-state index is 12.2. The predicted molar refractivity (Wildman–Crippen MR) is 68.0 cm³/mol. The van der Waals surface area contributed by atoms with E-state index < -0.39 is 34.9 Å². The number of anilines is 1. The van der Waals surface area contributed by atoms with Gasteiger partial charge in [0.15, 0.2) is 0 Å². The summed E-state index contributed by atoms with van der Waals surface area (Å²) in [6.45, 7) is -1.26. The van der Waals surface area contributed by atoms with E-state index >= 15 is 0 Å². The van der Waals surface area contributed by atoms with E-state index in [4.69, 9.17) is 17.2 Å². The Hall–Kier alpha value is -2.13. The van der Waals surface area contributed by atoms with Gasteiger partial charge in [-0.05, 0) is 24.3 Å². The minimum atomic E-state index is -4.03. The van der Waals surface area contributed by atoms with Gasteiger partial charge in [0.05, 0.1) is 18.0 Å². The molecule has 0 bridgehead atoms. The molecule has 0 atom stereocenters. The summed E-state index contributed by atoms with van der Waals surface area (Å²) in [5.74, 6) is -1.78. The normalized spacial score (nSPS) is 11.4. The lowest BCUT2D eigenvalue weighted by Crippen LogP contribution is -2.43. The maximum atomic E-state index is 12.2. The zero-order chi connectivity index (χ0) is 14.6. The van der Waals surface area contributed by atoms with Gasteiger partial charge in [-0.3, -0.25) is 9.59 Å². The topological polar surface area (TPSA) is 150 Å². The van der Waals surface area contributed by atoms with Gasteiger partial charge in [0, 0.05) is 5.69 Å². The summed E-state index contributed by atoms with van der Waals surface area (Å²) in [5.41, 5.74) is 15.7. The van der Waals surface area contributed by atoms with E-state index in [1.165, 1.54) is 24.3 Å². The van der Waals surface area contributed by atoms with Gasteiger partial charge in [0.25, 0.3) is 0 Å². The Morgan fingerprint density at radius 1 is 1.00 bits per heavy atom. The van der Waals surface area contributed by atoms with Crippen LogP contribution in [0.4, 0.5) is 5.69 Å². The number of hydrogen-bond acceptors (Lipinski definition) is 5. The SMILES string of the molecule is NC(=O)CN(CC(N)=O)S(=O)(=O)c1ccc(N)cc1. The molecule has 0 saturated heterocycles. The summed E-state index contributed by atoms with van der Waals surface area (Å²) < 4.78 is 25.0. The number of rotatable bonds is 6. The van der Waals surface area contributed by atoms with Crippen LogP contribution in [0.3, 0.4) is 0 Å². The first-order valence-corrected chi connectivity index (χ1v) is 6.60. The van der Waals surface area contributed by atoms with Crippen molar-refractivity contribution >= 4 is 27.5 Å². The summed E-state index contributed by atoms with van der Waals surface area (Å²) in [6.07, 6.45) is 0. The van der Waals surface area contributed by atoms with E-state index in [0.717, 1.165) is 0 Å². The molecule has 9 heteroatoms. The van der Waals surface area contributed by atoms with Gasteiger partial charge in [-0.25, -0.2) is 8.42 Å². The number of benzene rings is 1. The Labute approximate surface area is 110 Å². The number of carbonyl (C=O) groups is 2. The number of primary amides is 2. The van der Waals surface area contributed by atoms with Crippen molar-refractivity contribution in [1.29, 1.82) is 0 Å². The standard InChI is InChI=1S/C10H14N4O4S/c11-7-1-3-8(4-2-7)19(17,18)14(5-9(12)15)6-10(13)16/h1-4H,5-6,11H2,(H2,12,15)(H2,13,16). The molecule has 1 aromatic carbocycles. The van der Waals surface area contributed by atoms with E-state index in [0.29, 0.717) is 9.99 Å². The lowest BCUT2D eigenvalue weighted by atomic mass is 10.3. The van der Waals surface area contributed by atoms with Crippen molar-refractivity contribution in [3.05, 3.63) is 24.3 Å². The first-order chi connectivity index (χ1) is 8.73. The molecule has 0 radical (unpaired) electrons. The highest BCUT2D eigenvalue weighted by Crippen LogP contribution is 2.16. The first kappa shape index (κ1) is 14.9. The molecule has 8 nitrogen and oxygen atoms in total. The molecule has 0 spiro atoms. The second-order valence-electron chi connectivity index (χ2n) is 3.77. The van der Waals surface area contributed by atoms with Crippen LogP contribution in [0, 0.1) is 0 Å². The van der Waals surface area contributed by atoms with Crippen LogP contribution < -0.4 is 17.2 Å². The van der Waals surface area contributed by atoms with Gasteiger partial charge in [0.2, 0.25) is 21.8 Å². The molecule has 0 unspecified atom stereocenters. The quantitative estimate of drug-likeness (QED) is 0.529. The second-order valence-corrected chi connectivity index (χ2v) is 5.71. The Bertz CT molecular complexity index is 566. The molecule has 6 N–H and O–H groups in total. The Kier molecular flexibility index (Phi) is 4.46. The van der Waals surface area contributed by atoms with E-state index in [2.05, 4.69) is 0 Å². The van der Waals surface area contributed by atoms with Crippen LogP contribution >= 0.6 is 0 Å². The van der Waals surface area contributed by atoms with E-state index in [9.17, 15) is 18.0 Å². The fourth-order valence-electron chi connectivity index (χ4n) is 1.36. The van der Waals surface area contributed by atoms with Crippen molar-refractivity contribution < 1.29 is 18.0 Å². The molecule has 0 heterocycles. The third-order valence-electron chi connectivity index (χ3n) is 2.18. The van der Waals surface area contributed by atoms with Crippen LogP contribution in [0.1, 0.15) is 0 Å². The Balaban J connectivity index is 3.14. The number of nitrogens with two attached hydrogens (primary N) is 3. The third-order valence-corrected chi connectivity index (χ3v) is 3.99. The number of carbonyl (C=O) groups excluding carboxylic acids is 2. The molecule has 19 heavy (non-hydrogen) atoms. The molecule has 0 fully saturated rings. The number of amides is 2. The maximum Gasteiger partial charge on any atom is 0.244 e. The van der Waals surface area contributed by atoms with Crippen molar-refractivity contribution in [2.75, 3.05) is 18.8 Å². The Morgan fingerprint density at radius 3 is 1.79 bits per heavy atom. The van der Waals surface area contributed by atoms with Crippen LogP contribution in [0.25, 0.3) is 0 Å². The van der Waals surface area contributed by atoms with E-state index in [1.807, 2.05) is 0 Å². The fourth-order valence-corrected chi connectivity index (χ4v) is 2.73. The summed E-state index contributed by atoms with van der Waals surface area (Å²) in [7, 11) is -4.03. The number of nitrogen functional groups attached to an aromatic ring is 1. The monoisotopic (exact) mass is 286 g/mol. The highest BCUT2D eigenvalue weighted by atomic mass is 32.2. The lowest BCUT2D eigenvalue weighted by molar-refractivity contribution is -0.120. The molecular formula is C10H14N4O4S. The highest BCUT2D eigenvalue weighted by Gasteiger charge is 2.27. The van der Waals surface area contributed by atoms with E-state index in [-0.39, 0.29) is 4.90 Å². The highest BCUT2D eigenvalue weighted by molar-refractivity contribution is 7.89. The van der Waals surface area contributed by atoms with Crippen LogP contribution in [0.15, 0.2) is 29.2 Å². The predicted octanol–water partition coefficient (Wildman–Crippen LogP) is -1.77. The molecule has 2 amide bonds. The second kappa shape index (κ2) is 5.67. The molecule has 0 aliphatic heterocycles. The van der Waals surface area contributed by atoms with Crippen LogP contribution in [-0.4, -0.2) is 37.6 Å². The van der Waals surface area contributed by atoms with Crippen molar-refractivity contribution in [1.82, 2.24) is 4.31 Å². The van der Waals surface area contributed by atoms with Crippen molar-refractivity contribution in [3.8, 4) is 0 Å². The van der Waals surface area contributed by atoms with Gasteiger partial charge in [-0.1, -0.05) is 0 Å². The minimum Gasteiger partial charge on any atom is -0.399 e. The average Bonchev–Trinajstić information content (AvgIpc) is 2.27. The van der Waals surface area contributed by atoms with Crippen molar-refractivity contribution in [3.63, 3.8) is 0 Å². The van der Waals surface area contributed by atoms with Gasteiger partial charge in [-0.2, -0.15) is 4.31 Å². The molecular weight excluding hydrogens is 272 g/mol. The molecule has 0 aromatic heterocycles. The number of sulfonamides is 1. The van der Waals surface area contributed by atoms with Crippen LogP contribution in [0.5, 0.6) is 0 Å². The zero-order valence-electron chi connectivity index (χ0n) is 9.94. The van der Waals surface area contributed by atoms with Crippen LogP contribution in [-0.2, 0) is 19.6 Å². The van der Waals surface area contributed by atoms with Gasteiger partial charge in [-0.15, -0.1) is 0 Å². The number of nitrogens with zero attached hydrogens (tertiary/aromatic N) is 1. The largest absolute Gasteiger partial charge is 0.399 e. The Morgan fingerprint density at radius 2 is 1.42 bits per heavy atom. The van der Waals surface area contributed by atoms with Crippen LogP contribution in [0.2, 0.25) is 0 Å².